The quantitative estimate of drug-likeness (QED) is 0.455. The highest BCUT2D eigenvalue weighted by Gasteiger charge is 2.23. The van der Waals surface area contributed by atoms with Crippen LogP contribution in [0.25, 0.3) is 0 Å². The van der Waals surface area contributed by atoms with Crippen LogP contribution in [-0.4, -0.2) is 34.6 Å². The summed E-state index contributed by atoms with van der Waals surface area (Å²) < 4.78 is 13.6. The highest BCUT2D eigenvalue weighted by Crippen LogP contribution is 2.26. The van der Waals surface area contributed by atoms with Crippen LogP contribution in [0.3, 0.4) is 0 Å². The lowest BCUT2D eigenvalue weighted by molar-refractivity contribution is -0.385. The van der Waals surface area contributed by atoms with E-state index in [9.17, 15) is 19.3 Å². The Morgan fingerprint density at radius 3 is 2.79 bits per heavy atom. The lowest BCUT2D eigenvalue weighted by Crippen LogP contribution is -2.09. The zero-order valence-electron chi connectivity index (χ0n) is 10.2. The molecule has 2 N–H and O–H groups in total. The molecular weight excluding hydrogens is 275 g/mol. The Morgan fingerprint density at radius 2 is 2.26 bits per heavy atom. The average molecular weight is 288 g/mol. The van der Waals surface area contributed by atoms with Crippen molar-refractivity contribution in [2.45, 2.75) is 6.42 Å². The molecule has 0 radical (unpaired) electrons. The van der Waals surface area contributed by atoms with Crippen molar-refractivity contribution in [1.29, 1.82) is 0 Å². The number of hydrogen-bond acceptors (Lipinski definition) is 5. The number of benzene rings is 1. The molecule has 0 amide bonds. The molecule has 104 valence electrons. The predicted molar refractivity (Wildman–Crippen MR) is 71.5 cm³/mol. The molecule has 1 aromatic rings. The number of halogens is 1. The normalized spacial score (nSPS) is 10.2. The number of nitro benzene ring substituents is 1. The summed E-state index contributed by atoms with van der Waals surface area (Å²) in [5.74, 6) is -1.41. The number of hydrogen-bond donors (Lipinski definition) is 2. The molecule has 0 aliphatic carbocycles. The summed E-state index contributed by atoms with van der Waals surface area (Å²) in [4.78, 5) is 20.6. The summed E-state index contributed by atoms with van der Waals surface area (Å²) in [6.45, 7) is 0.467. The molecule has 1 aromatic carbocycles. The topological polar surface area (TPSA) is 92.5 Å². The molecule has 0 bridgehead atoms. The van der Waals surface area contributed by atoms with Crippen molar-refractivity contribution in [3.63, 3.8) is 0 Å². The van der Waals surface area contributed by atoms with Gasteiger partial charge >= 0.3 is 5.97 Å². The Hall–Kier alpha value is -1.83. The maximum absolute atomic E-state index is 13.6. The van der Waals surface area contributed by atoms with Crippen LogP contribution in [0.15, 0.2) is 12.1 Å². The minimum atomic E-state index is -1.46. The standard InChI is InChI=1S/C11H13FN2O4S/c1-19-4-2-3-13-9-5-7(11(15)16)10(14(17)18)6-8(9)12/h5-6,13H,2-4H2,1H3,(H,15,16). The fourth-order valence-corrected chi connectivity index (χ4v) is 1.89. The van der Waals surface area contributed by atoms with Crippen LogP contribution in [0.1, 0.15) is 16.8 Å². The van der Waals surface area contributed by atoms with E-state index in [0.717, 1.165) is 18.2 Å². The Balaban J connectivity index is 2.97. The first-order valence-corrected chi connectivity index (χ1v) is 6.80. The van der Waals surface area contributed by atoms with Crippen molar-refractivity contribution in [3.8, 4) is 0 Å². The van der Waals surface area contributed by atoms with Crippen LogP contribution in [-0.2, 0) is 0 Å². The summed E-state index contributed by atoms with van der Waals surface area (Å²) in [5, 5.41) is 22.3. The third-order valence-corrected chi connectivity index (χ3v) is 3.05. The molecule has 0 aliphatic heterocycles. The summed E-state index contributed by atoms with van der Waals surface area (Å²) in [7, 11) is 0. The molecule has 0 unspecified atom stereocenters. The van der Waals surface area contributed by atoms with Crippen LogP contribution >= 0.6 is 11.8 Å². The highest BCUT2D eigenvalue weighted by atomic mass is 32.2. The lowest BCUT2D eigenvalue weighted by atomic mass is 10.1. The van der Waals surface area contributed by atoms with E-state index in [1.54, 1.807) is 11.8 Å². The van der Waals surface area contributed by atoms with Gasteiger partial charge in [0.25, 0.3) is 5.69 Å². The fraction of sp³-hybridized carbons (Fsp3) is 0.364. The van der Waals surface area contributed by atoms with Crippen LogP contribution in [0, 0.1) is 15.9 Å². The molecule has 0 aliphatic rings. The molecule has 0 fully saturated rings. The minimum absolute atomic E-state index is 0.0379. The van der Waals surface area contributed by atoms with Crippen LogP contribution in [0.5, 0.6) is 0 Å². The molecule has 19 heavy (non-hydrogen) atoms. The van der Waals surface area contributed by atoms with Gasteiger partial charge in [0.05, 0.1) is 16.7 Å². The van der Waals surface area contributed by atoms with E-state index in [2.05, 4.69) is 5.32 Å². The van der Waals surface area contributed by atoms with E-state index in [-0.39, 0.29) is 5.69 Å². The number of carboxylic acids is 1. The van der Waals surface area contributed by atoms with Gasteiger partial charge in [-0.1, -0.05) is 0 Å². The summed E-state index contributed by atoms with van der Waals surface area (Å²) in [6.07, 6.45) is 2.72. The van der Waals surface area contributed by atoms with E-state index in [4.69, 9.17) is 5.11 Å². The second kappa shape index (κ2) is 6.93. The predicted octanol–water partition coefficient (Wildman–Crippen LogP) is 2.60. The van der Waals surface area contributed by atoms with Crippen molar-refractivity contribution >= 4 is 29.1 Å². The van der Waals surface area contributed by atoms with E-state index in [1.807, 2.05) is 6.26 Å². The SMILES string of the molecule is CSCCCNc1cc(C(=O)O)c([N+](=O)[O-])cc1F. The van der Waals surface area contributed by atoms with Gasteiger partial charge in [-0.2, -0.15) is 11.8 Å². The Kier molecular flexibility index (Phi) is 5.56. The molecule has 8 heteroatoms. The maximum Gasteiger partial charge on any atom is 0.342 e. The molecule has 0 saturated heterocycles. The zero-order valence-corrected chi connectivity index (χ0v) is 11.0. The first kappa shape index (κ1) is 15.2. The molecule has 0 atom stereocenters. The van der Waals surface area contributed by atoms with Gasteiger partial charge in [0.2, 0.25) is 0 Å². The van der Waals surface area contributed by atoms with Gasteiger partial charge in [0.15, 0.2) is 5.82 Å². The maximum atomic E-state index is 13.6. The van der Waals surface area contributed by atoms with Gasteiger partial charge in [0.1, 0.15) is 5.56 Å². The van der Waals surface area contributed by atoms with Crippen molar-refractivity contribution < 1.29 is 19.2 Å². The number of rotatable bonds is 7. The van der Waals surface area contributed by atoms with Gasteiger partial charge in [0, 0.05) is 6.54 Å². The number of aromatic carboxylic acids is 1. The number of nitro groups is 1. The minimum Gasteiger partial charge on any atom is -0.477 e. The first-order chi connectivity index (χ1) is 8.97. The number of nitrogens with zero attached hydrogens (tertiary/aromatic N) is 1. The number of thioether (sulfide) groups is 1. The smallest absolute Gasteiger partial charge is 0.342 e. The zero-order chi connectivity index (χ0) is 14.4. The lowest BCUT2D eigenvalue weighted by Gasteiger charge is -2.08. The third kappa shape index (κ3) is 4.09. The molecule has 1 rings (SSSR count). The molecule has 0 aromatic heterocycles. The van der Waals surface area contributed by atoms with E-state index in [0.29, 0.717) is 12.6 Å². The van der Waals surface area contributed by atoms with Crippen molar-refractivity contribution in [1.82, 2.24) is 0 Å². The van der Waals surface area contributed by atoms with Gasteiger partial charge in [-0.05, 0) is 24.5 Å². The summed E-state index contributed by atoms with van der Waals surface area (Å²) >= 11 is 1.64. The molecule has 0 heterocycles. The van der Waals surface area contributed by atoms with Crippen molar-refractivity contribution in [2.24, 2.45) is 0 Å². The summed E-state index contributed by atoms with van der Waals surface area (Å²) in [5.41, 5.74) is -1.32. The fourth-order valence-electron chi connectivity index (χ4n) is 1.46. The Bertz CT molecular complexity index is 496. The molecule has 0 spiro atoms. The Labute approximate surface area is 113 Å². The average Bonchev–Trinajstić information content (AvgIpc) is 2.35. The molecular formula is C11H13FN2O4S. The largest absolute Gasteiger partial charge is 0.477 e. The number of carbonyl (C=O) groups is 1. The van der Waals surface area contributed by atoms with Gasteiger partial charge in [-0.25, -0.2) is 9.18 Å². The van der Waals surface area contributed by atoms with Gasteiger partial charge in [-0.15, -0.1) is 0 Å². The van der Waals surface area contributed by atoms with E-state index in [1.165, 1.54) is 0 Å². The van der Waals surface area contributed by atoms with E-state index >= 15 is 0 Å². The molecule has 0 saturated carbocycles. The van der Waals surface area contributed by atoms with E-state index < -0.39 is 28.0 Å². The number of carboxylic acid groups (broad SMARTS) is 1. The second-order valence-electron chi connectivity index (χ2n) is 3.68. The summed E-state index contributed by atoms with van der Waals surface area (Å²) in [6, 6.07) is 1.58. The molecule has 6 nitrogen and oxygen atoms in total. The van der Waals surface area contributed by atoms with Crippen LogP contribution in [0.4, 0.5) is 15.8 Å². The van der Waals surface area contributed by atoms with Gasteiger partial charge < -0.3 is 10.4 Å². The van der Waals surface area contributed by atoms with Crippen LogP contribution in [0.2, 0.25) is 0 Å². The van der Waals surface area contributed by atoms with Crippen molar-refractivity contribution in [2.75, 3.05) is 23.9 Å². The van der Waals surface area contributed by atoms with Crippen molar-refractivity contribution in [3.05, 3.63) is 33.6 Å². The number of anilines is 1. The number of nitrogens with one attached hydrogen (secondary N) is 1. The van der Waals surface area contributed by atoms with Gasteiger partial charge in [-0.3, -0.25) is 10.1 Å². The monoisotopic (exact) mass is 288 g/mol. The van der Waals surface area contributed by atoms with Crippen LogP contribution < -0.4 is 5.32 Å². The highest BCUT2D eigenvalue weighted by molar-refractivity contribution is 7.98. The third-order valence-electron chi connectivity index (χ3n) is 2.35. The Morgan fingerprint density at radius 1 is 1.58 bits per heavy atom. The second-order valence-corrected chi connectivity index (χ2v) is 4.67. The first-order valence-electron chi connectivity index (χ1n) is 5.41.